The number of carbonyl (C=O) groups excluding carboxylic acids is 1. The van der Waals surface area contributed by atoms with Crippen LogP contribution in [0.2, 0.25) is 0 Å². The first-order valence-corrected chi connectivity index (χ1v) is 10.9. The van der Waals surface area contributed by atoms with Crippen molar-refractivity contribution in [2.45, 2.75) is 6.42 Å². The molecule has 0 atom stereocenters. The lowest BCUT2D eigenvalue weighted by Crippen LogP contribution is -2.38. The molecule has 1 aromatic heterocycles. The number of ether oxygens (including phenoxy) is 2. The molecular weight excluding hydrogens is 406 g/mol. The van der Waals surface area contributed by atoms with Crippen LogP contribution in [-0.2, 0) is 9.53 Å². The normalized spacial score (nSPS) is 19.5. The van der Waals surface area contributed by atoms with E-state index in [0.717, 1.165) is 61.6 Å². The van der Waals surface area contributed by atoms with Crippen molar-refractivity contribution in [2.75, 3.05) is 46.5 Å². The van der Waals surface area contributed by atoms with Crippen LogP contribution < -0.4 is 4.74 Å². The van der Waals surface area contributed by atoms with Crippen LogP contribution in [0.15, 0.2) is 35.2 Å². The molecule has 0 bridgehead atoms. The molecular formula is C21H23N3O3S2. The number of hydrogen-bond acceptors (Lipinski definition) is 7. The standard InChI is InChI=1S/C21H23N3O3S2/c1-26-17-5-6-18-15(13-17)3-4-16(22-18)14-19-20(25)24(21(28)29-19)8-2-7-23-9-11-27-12-10-23/h3-6,13-14H,2,7-12H2,1H3. The van der Waals surface area contributed by atoms with Crippen LogP contribution in [0.3, 0.4) is 0 Å². The van der Waals surface area contributed by atoms with Gasteiger partial charge in [-0.15, -0.1) is 0 Å². The Kier molecular flexibility index (Phi) is 6.44. The molecule has 3 heterocycles. The highest BCUT2D eigenvalue weighted by atomic mass is 32.2. The summed E-state index contributed by atoms with van der Waals surface area (Å²) in [7, 11) is 1.64. The SMILES string of the molecule is COc1ccc2nc(C=C3SC(=S)N(CCCN4CCOCC4)C3=O)ccc2c1. The number of morpholine rings is 1. The molecule has 4 rings (SSSR count). The fourth-order valence-corrected chi connectivity index (χ4v) is 4.72. The summed E-state index contributed by atoms with van der Waals surface area (Å²) in [5.74, 6) is 0.767. The van der Waals surface area contributed by atoms with Gasteiger partial charge in [0.05, 0.1) is 36.4 Å². The second-order valence-electron chi connectivity index (χ2n) is 6.94. The van der Waals surface area contributed by atoms with Gasteiger partial charge >= 0.3 is 0 Å². The van der Waals surface area contributed by atoms with Crippen LogP contribution in [-0.4, -0.2) is 71.5 Å². The van der Waals surface area contributed by atoms with Crippen molar-refractivity contribution in [1.82, 2.24) is 14.8 Å². The molecule has 0 unspecified atom stereocenters. The van der Waals surface area contributed by atoms with Crippen LogP contribution in [0, 0.1) is 0 Å². The molecule has 0 spiro atoms. The predicted octanol–water partition coefficient (Wildman–Crippen LogP) is 3.17. The number of thioether (sulfide) groups is 1. The van der Waals surface area contributed by atoms with Crippen LogP contribution >= 0.6 is 24.0 Å². The Balaban J connectivity index is 1.42. The number of carbonyl (C=O) groups is 1. The summed E-state index contributed by atoms with van der Waals surface area (Å²) >= 11 is 6.79. The Morgan fingerprint density at radius 2 is 2.07 bits per heavy atom. The molecule has 2 aromatic rings. The molecule has 29 heavy (non-hydrogen) atoms. The third-order valence-corrected chi connectivity index (χ3v) is 6.41. The number of aromatic nitrogens is 1. The second-order valence-corrected chi connectivity index (χ2v) is 8.61. The molecule has 2 saturated heterocycles. The number of benzene rings is 1. The second kappa shape index (κ2) is 9.21. The largest absolute Gasteiger partial charge is 0.497 e. The third-order valence-electron chi connectivity index (χ3n) is 5.03. The van der Waals surface area contributed by atoms with Crippen LogP contribution in [0.1, 0.15) is 12.1 Å². The van der Waals surface area contributed by atoms with Gasteiger partial charge in [-0.1, -0.05) is 30.0 Å². The summed E-state index contributed by atoms with van der Waals surface area (Å²) in [6.07, 6.45) is 2.72. The van der Waals surface area contributed by atoms with E-state index in [0.29, 0.717) is 15.8 Å². The van der Waals surface area contributed by atoms with Gasteiger partial charge in [0.1, 0.15) is 10.1 Å². The van der Waals surface area contributed by atoms with Crippen LogP contribution in [0.5, 0.6) is 5.75 Å². The summed E-state index contributed by atoms with van der Waals surface area (Å²) in [4.78, 5) is 22.2. The van der Waals surface area contributed by atoms with Gasteiger partial charge in [0, 0.05) is 31.6 Å². The zero-order chi connectivity index (χ0) is 20.2. The van der Waals surface area contributed by atoms with Gasteiger partial charge in [-0.3, -0.25) is 14.6 Å². The van der Waals surface area contributed by atoms with E-state index in [-0.39, 0.29) is 5.91 Å². The van der Waals surface area contributed by atoms with Gasteiger partial charge in [-0.2, -0.15) is 0 Å². The first kappa shape index (κ1) is 20.3. The number of amides is 1. The summed E-state index contributed by atoms with van der Waals surface area (Å²) in [5, 5.41) is 0.997. The Hall–Kier alpha value is -2.00. The van der Waals surface area contributed by atoms with E-state index in [2.05, 4.69) is 9.88 Å². The fourth-order valence-electron chi connectivity index (χ4n) is 3.43. The summed E-state index contributed by atoms with van der Waals surface area (Å²) < 4.78 is 11.2. The Bertz CT molecular complexity index is 957. The zero-order valence-electron chi connectivity index (χ0n) is 16.3. The van der Waals surface area contributed by atoms with E-state index in [1.54, 1.807) is 12.0 Å². The predicted molar refractivity (Wildman–Crippen MR) is 120 cm³/mol. The number of pyridine rings is 1. The van der Waals surface area contributed by atoms with Crippen molar-refractivity contribution in [3.63, 3.8) is 0 Å². The highest BCUT2D eigenvalue weighted by Crippen LogP contribution is 2.32. The maximum Gasteiger partial charge on any atom is 0.266 e. The van der Waals surface area contributed by atoms with Gasteiger partial charge in [0.15, 0.2) is 0 Å². The van der Waals surface area contributed by atoms with Crippen LogP contribution in [0.4, 0.5) is 0 Å². The van der Waals surface area contributed by atoms with E-state index in [4.69, 9.17) is 21.7 Å². The Morgan fingerprint density at radius 3 is 2.86 bits per heavy atom. The molecule has 2 aliphatic heterocycles. The number of nitrogens with zero attached hydrogens (tertiary/aromatic N) is 3. The average Bonchev–Trinajstić information content (AvgIpc) is 3.01. The third kappa shape index (κ3) is 4.78. The highest BCUT2D eigenvalue weighted by Gasteiger charge is 2.31. The molecule has 1 amide bonds. The van der Waals surface area contributed by atoms with E-state index >= 15 is 0 Å². The van der Waals surface area contributed by atoms with Gasteiger partial charge in [-0.05, 0) is 36.8 Å². The van der Waals surface area contributed by atoms with Crippen molar-refractivity contribution < 1.29 is 14.3 Å². The van der Waals surface area contributed by atoms with Gasteiger partial charge in [0.2, 0.25) is 0 Å². The van der Waals surface area contributed by atoms with Gasteiger partial charge in [0.25, 0.3) is 5.91 Å². The molecule has 2 aliphatic rings. The molecule has 152 valence electrons. The summed E-state index contributed by atoms with van der Waals surface area (Å²) in [5.41, 5.74) is 1.61. The minimum absolute atomic E-state index is 0.0291. The number of thiocarbonyl (C=S) groups is 1. The lowest BCUT2D eigenvalue weighted by Gasteiger charge is -2.27. The molecule has 2 fully saturated rings. The number of hydrogen-bond donors (Lipinski definition) is 0. The minimum atomic E-state index is -0.0291. The fraction of sp³-hybridized carbons (Fsp3) is 0.381. The first-order chi connectivity index (χ1) is 14.1. The van der Waals surface area contributed by atoms with Crippen LogP contribution in [0.25, 0.3) is 17.0 Å². The van der Waals surface area contributed by atoms with Crippen molar-refractivity contribution in [1.29, 1.82) is 0 Å². The molecule has 0 aliphatic carbocycles. The molecule has 1 aromatic carbocycles. The lowest BCUT2D eigenvalue weighted by molar-refractivity contribution is -0.122. The van der Waals surface area contributed by atoms with Crippen molar-refractivity contribution in [3.8, 4) is 5.75 Å². The van der Waals surface area contributed by atoms with E-state index in [9.17, 15) is 4.79 Å². The first-order valence-electron chi connectivity index (χ1n) is 9.64. The smallest absolute Gasteiger partial charge is 0.266 e. The molecule has 0 N–H and O–H groups in total. The van der Waals surface area contributed by atoms with E-state index < -0.39 is 0 Å². The maximum atomic E-state index is 12.8. The van der Waals surface area contributed by atoms with Gasteiger partial charge < -0.3 is 9.47 Å². The zero-order valence-corrected chi connectivity index (χ0v) is 17.9. The number of methoxy groups -OCH3 is 1. The molecule has 6 nitrogen and oxygen atoms in total. The Labute approximate surface area is 179 Å². The van der Waals surface area contributed by atoms with E-state index in [1.807, 2.05) is 36.4 Å². The topological polar surface area (TPSA) is 54.9 Å². The average molecular weight is 430 g/mol. The molecule has 8 heteroatoms. The van der Waals surface area contributed by atoms with Gasteiger partial charge in [-0.25, -0.2) is 4.98 Å². The quantitative estimate of drug-likeness (QED) is 0.516. The molecule has 0 saturated carbocycles. The maximum absolute atomic E-state index is 12.8. The minimum Gasteiger partial charge on any atom is -0.497 e. The monoisotopic (exact) mass is 429 g/mol. The van der Waals surface area contributed by atoms with Crippen molar-refractivity contribution in [3.05, 3.63) is 40.9 Å². The van der Waals surface area contributed by atoms with Crippen molar-refractivity contribution >= 4 is 51.2 Å². The van der Waals surface area contributed by atoms with E-state index in [1.165, 1.54) is 11.8 Å². The number of rotatable bonds is 6. The highest BCUT2D eigenvalue weighted by molar-refractivity contribution is 8.26. The summed E-state index contributed by atoms with van der Waals surface area (Å²) in [6.45, 7) is 5.08. The summed E-state index contributed by atoms with van der Waals surface area (Å²) in [6, 6.07) is 9.64. The lowest BCUT2D eigenvalue weighted by atomic mass is 10.2. The Morgan fingerprint density at radius 1 is 1.24 bits per heavy atom. The molecule has 0 radical (unpaired) electrons. The van der Waals surface area contributed by atoms with Crippen molar-refractivity contribution in [2.24, 2.45) is 0 Å². The number of fused-ring (bicyclic) bond motifs is 1.